The Morgan fingerprint density at radius 1 is 1.60 bits per heavy atom. The fourth-order valence-corrected chi connectivity index (χ4v) is 1.48. The third-order valence-electron chi connectivity index (χ3n) is 2.33. The van der Waals surface area contributed by atoms with Crippen molar-refractivity contribution in [3.05, 3.63) is 0 Å². The van der Waals surface area contributed by atoms with Crippen LogP contribution in [-0.2, 0) is 14.4 Å². The summed E-state index contributed by atoms with van der Waals surface area (Å²) in [4.78, 5) is 34.4. The maximum atomic E-state index is 11.5. The quantitative estimate of drug-likeness (QED) is 0.602. The average molecular weight is 214 g/mol. The van der Waals surface area contributed by atoms with Crippen LogP contribution in [-0.4, -0.2) is 46.9 Å². The van der Waals surface area contributed by atoms with Crippen molar-refractivity contribution < 1.29 is 19.5 Å². The number of carbonyl (C=O) groups is 3. The minimum Gasteiger partial charge on any atom is -0.481 e. The highest BCUT2D eigenvalue weighted by molar-refractivity contribution is 5.97. The fraction of sp³-hybridized carbons (Fsp3) is 0.667. The Hall–Kier alpha value is -1.59. The standard InChI is InChI=1S/C9H14N2O4/c1-6-5-10-7(12)4-8(13)11(6)3-2-9(14)15/h6H,2-5H2,1H3,(H,10,12)(H,14,15). The predicted octanol–water partition coefficient (Wildman–Crippen LogP) is -0.802. The molecule has 0 radical (unpaired) electrons. The number of carboxylic acid groups (broad SMARTS) is 1. The van der Waals surface area contributed by atoms with E-state index < -0.39 is 5.97 Å². The Bertz CT molecular complexity index is 290. The Balaban J connectivity index is 2.62. The molecule has 2 N–H and O–H groups in total. The number of carbonyl (C=O) groups excluding carboxylic acids is 2. The second-order valence-electron chi connectivity index (χ2n) is 3.56. The molecule has 1 aliphatic rings. The Morgan fingerprint density at radius 3 is 2.87 bits per heavy atom. The van der Waals surface area contributed by atoms with E-state index in [4.69, 9.17) is 5.11 Å². The summed E-state index contributed by atoms with van der Waals surface area (Å²) in [6.07, 6.45) is -0.284. The predicted molar refractivity (Wildman–Crippen MR) is 51.1 cm³/mol. The van der Waals surface area contributed by atoms with Gasteiger partial charge in [0.2, 0.25) is 11.8 Å². The van der Waals surface area contributed by atoms with Crippen LogP contribution < -0.4 is 5.32 Å². The number of hydrogen-bond donors (Lipinski definition) is 2. The number of amides is 2. The van der Waals surface area contributed by atoms with Crippen LogP contribution in [0.4, 0.5) is 0 Å². The summed E-state index contributed by atoms with van der Waals surface area (Å²) in [5.74, 6) is -1.55. The SMILES string of the molecule is CC1CNC(=O)CC(=O)N1CCC(=O)O. The van der Waals surface area contributed by atoms with Crippen LogP contribution in [0.3, 0.4) is 0 Å². The smallest absolute Gasteiger partial charge is 0.305 e. The number of nitrogens with one attached hydrogen (secondary N) is 1. The molecule has 0 saturated carbocycles. The molecule has 1 fully saturated rings. The molecule has 1 rings (SSSR count). The van der Waals surface area contributed by atoms with Crippen LogP contribution in [0.5, 0.6) is 0 Å². The van der Waals surface area contributed by atoms with Crippen molar-refractivity contribution in [2.24, 2.45) is 0 Å². The molecule has 0 aliphatic carbocycles. The van der Waals surface area contributed by atoms with E-state index in [1.807, 2.05) is 0 Å². The summed E-state index contributed by atoms with van der Waals surface area (Å²) >= 11 is 0. The highest BCUT2D eigenvalue weighted by Crippen LogP contribution is 2.06. The van der Waals surface area contributed by atoms with E-state index in [-0.39, 0.29) is 37.2 Å². The van der Waals surface area contributed by atoms with Crippen LogP contribution in [0.1, 0.15) is 19.8 Å². The second kappa shape index (κ2) is 4.77. The zero-order valence-electron chi connectivity index (χ0n) is 8.52. The van der Waals surface area contributed by atoms with Gasteiger partial charge >= 0.3 is 5.97 Å². The van der Waals surface area contributed by atoms with Gasteiger partial charge in [-0.2, -0.15) is 0 Å². The summed E-state index contributed by atoms with van der Waals surface area (Å²) in [6, 6.07) is -0.150. The molecule has 1 atom stereocenters. The molecule has 15 heavy (non-hydrogen) atoms. The van der Waals surface area contributed by atoms with Gasteiger partial charge in [-0.15, -0.1) is 0 Å². The first kappa shape index (κ1) is 11.5. The maximum absolute atomic E-state index is 11.5. The van der Waals surface area contributed by atoms with Gasteiger partial charge in [0.25, 0.3) is 0 Å². The van der Waals surface area contributed by atoms with E-state index in [0.717, 1.165) is 0 Å². The van der Waals surface area contributed by atoms with E-state index in [0.29, 0.717) is 6.54 Å². The van der Waals surface area contributed by atoms with E-state index in [1.54, 1.807) is 6.92 Å². The fourth-order valence-electron chi connectivity index (χ4n) is 1.48. The molecular formula is C9H14N2O4. The lowest BCUT2D eigenvalue weighted by molar-refractivity contribution is -0.139. The first-order valence-corrected chi connectivity index (χ1v) is 4.78. The highest BCUT2D eigenvalue weighted by Gasteiger charge is 2.26. The van der Waals surface area contributed by atoms with Crippen LogP contribution in [0, 0.1) is 0 Å². The molecule has 0 aromatic heterocycles. The summed E-state index contributed by atoms with van der Waals surface area (Å²) in [6.45, 7) is 2.32. The highest BCUT2D eigenvalue weighted by atomic mass is 16.4. The van der Waals surface area contributed by atoms with Crippen molar-refractivity contribution >= 4 is 17.8 Å². The number of nitrogens with zero attached hydrogens (tertiary/aromatic N) is 1. The summed E-state index contributed by atoms with van der Waals surface area (Å²) in [5, 5.41) is 11.1. The number of carboxylic acids is 1. The van der Waals surface area contributed by atoms with Crippen LogP contribution in [0.2, 0.25) is 0 Å². The van der Waals surface area contributed by atoms with E-state index >= 15 is 0 Å². The van der Waals surface area contributed by atoms with Gasteiger partial charge in [-0.3, -0.25) is 14.4 Å². The Labute approximate surface area is 87.2 Å². The summed E-state index contributed by atoms with van der Waals surface area (Å²) in [7, 11) is 0. The summed E-state index contributed by atoms with van der Waals surface area (Å²) in [5.41, 5.74) is 0. The van der Waals surface area contributed by atoms with Crippen LogP contribution >= 0.6 is 0 Å². The molecule has 2 amide bonds. The molecule has 84 valence electrons. The van der Waals surface area contributed by atoms with Crippen molar-refractivity contribution in [3.8, 4) is 0 Å². The van der Waals surface area contributed by atoms with E-state index in [1.165, 1.54) is 4.90 Å². The molecule has 0 bridgehead atoms. The van der Waals surface area contributed by atoms with Gasteiger partial charge in [0, 0.05) is 19.1 Å². The molecule has 0 aromatic rings. The first-order valence-electron chi connectivity index (χ1n) is 4.78. The number of hydrogen-bond acceptors (Lipinski definition) is 3. The number of rotatable bonds is 3. The normalized spacial score (nSPS) is 22.2. The lowest BCUT2D eigenvalue weighted by Crippen LogP contribution is -2.41. The van der Waals surface area contributed by atoms with Crippen molar-refractivity contribution in [2.75, 3.05) is 13.1 Å². The maximum Gasteiger partial charge on any atom is 0.305 e. The van der Waals surface area contributed by atoms with Crippen molar-refractivity contribution in [3.63, 3.8) is 0 Å². The molecule has 6 heteroatoms. The minimum atomic E-state index is -0.946. The Kier molecular flexibility index (Phi) is 3.65. The van der Waals surface area contributed by atoms with Gasteiger partial charge < -0.3 is 15.3 Å². The van der Waals surface area contributed by atoms with Gasteiger partial charge in [0.1, 0.15) is 6.42 Å². The topological polar surface area (TPSA) is 86.7 Å². The lowest BCUT2D eigenvalue weighted by Gasteiger charge is -2.25. The van der Waals surface area contributed by atoms with Crippen molar-refractivity contribution in [2.45, 2.75) is 25.8 Å². The second-order valence-corrected chi connectivity index (χ2v) is 3.56. The molecule has 1 heterocycles. The monoisotopic (exact) mass is 214 g/mol. The van der Waals surface area contributed by atoms with Gasteiger partial charge in [0.15, 0.2) is 0 Å². The molecule has 0 spiro atoms. The Morgan fingerprint density at radius 2 is 2.27 bits per heavy atom. The first-order chi connectivity index (χ1) is 7.00. The third-order valence-corrected chi connectivity index (χ3v) is 2.33. The molecule has 1 aliphatic heterocycles. The van der Waals surface area contributed by atoms with Gasteiger partial charge in [-0.1, -0.05) is 0 Å². The largest absolute Gasteiger partial charge is 0.481 e. The van der Waals surface area contributed by atoms with Gasteiger partial charge in [-0.05, 0) is 6.92 Å². The van der Waals surface area contributed by atoms with Gasteiger partial charge in [0.05, 0.1) is 6.42 Å². The van der Waals surface area contributed by atoms with E-state index in [9.17, 15) is 14.4 Å². The zero-order chi connectivity index (χ0) is 11.4. The molecule has 1 unspecified atom stereocenters. The van der Waals surface area contributed by atoms with Crippen molar-refractivity contribution in [1.29, 1.82) is 0 Å². The number of aliphatic carboxylic acids is 1. The van der Waals surface area contributed by atoms with Crippen LogP contribution in [0.15, 0.2) is 0 Å². The molecule has 6 nitrogen and oxygen atoms in total. The molecular weight excluding hydrogens is 200 g/mol. The minimum absolute atomic E-state index is 0.0930. The van der Waals surface area contributed by atoms with Gasteiger partial charge in [-0.25, -0.2) is 0 Å². The van der Waals surface area contributed by atoms with Crippen molar-refractivity contribution in [1.82, 2.24) is 10.2 Å². The zero-order valence-corrected chi connectivity index (χ0v) is 8.52. The van der Waals surface area contributed by atoms with E-state index in [2.05, 4.69) is 5.32 Å². The summed E-state index contributed by atoms with van der Waals surface area (Å²) < 4.78 is 0. The van der Waals surface area contributed by atoms with Crippen LogP contribution in [0.25, 0.3) is 0 Å². The average Bonchev–Trinajstić information content (AvgIpc) is 2.24. The molecule has 1 saturated heterocycles. The lowest BCUT2D eigenvalue weighted by atomic mass is 10.2. The molecule has 0 aromatic carbocycles. The third kappa shape index (κ3) is 3.23.